The van der Waals surface area contributed by atoms with E-state index in [9.17, 15) is 9.59 Å². The summed E-state index contributed by atoms with van der Waals surface area (Å²) >= 11 is 0. The van der Waals surface area contributed by atoms with Crippen LogP contribution in [-0.2, 0) is 28.2 Å². The number of hydrogen-bond donors (Lipinski definition) is 0. The lowest BCUT2D eigenvalue weighted by molar-refractivity contribution is -0.130. The van der Waals surface area contributed by atoms with Gasteiger partial charge in [0.1, 0.15) is 12.4 Å². The molecule has 2 amide bonds. The van der Waals surface area contributed by atoms with Crippen molar-refractivity contribution >= 4 is 12.0 Å². The highest BCUT2D eigenvalue weighted by Crippen LogP contribution is 2.47. The molecule has 1 unspecified atom stereocenters. The SMILES string of the molecule is CC(C)C1N(C(=O)CCc2ccc(OCc3ccccc3)cc2)C(=O)OC1(c1ccccc1)c1ccccc1. The number of rotatable bonds is 9. The summed E-state index contributed by atoms with van der Waals surface area (Å²) in [5.41, 5.74) is 2.73. The van der Waals surface area contributed by atoms with Crippen LogP contribution in [0.1, 0.15) is 42.5 Å². The van der Waals surface area contributed by atoms with Crippen LogP contribution in [0.4, 0.5) is 4.79 Å². The third-order valence-electron chi connectivity index (χ3n) is 7.24. The molecule has 1 heterocycles. The molecule has 0 spiro atoms. The summed E-state index contributed by atoms with van der Waals surface area (Å²) in [5, 5.41) is 0. The lowest BCUT2D eigenvalue weighted by Crippen LogP contribution is -2.49. The van der Waals surface area contributed by atoms with Crippen molar-refractivity contribution in [3.05, 3.63) is 138 Å². The number of hydrogen-bond acceptors (Lipinski definition) is 4. The Labute approximate surface area is 230 Å². The first-order valence-corrected chi connectivity index (χ1v) is 13.4. The molecule has 0 bridgehead atoms. The number of cyclic esters (lactones) is 1. The largest absolute Gasteiger partial charge is 0.489 e. The maximum atomic E-state index is 13.6. The first-order chi connectivity index (χ1) is 19.0. The van der Waals surface area contributed by atoms with Gasteiger partial charge in [-0.25, -0.2) is 9.69 Å². The zero-order valence-electron chi connectivity index (χ0n) is 22.3. The molecule has 0 N–H and O–H groups in total. The van der Waals surface area contributed by atoms with Crippen molar-refractivity contribution in [2.24, 2.45) is 5.92 Å². The minimum Gasteiger partial charge on any atom is -0.489 e. The highest BCUT2D eigenvalue weighted by atomic mass is 16.6. The van der Waals surface area contributed by atoms with Gasteiger partial charge in [0.05, 0.1) is 6.04 Å². The van der Waals surface area contributed by atoms with Crippen molar-refractivity contribution in [2.75, 3.05) is 0 Å². The molecule has 1 atom stereocenters. The number of nitrogens with zero attached hydrogens (tertiary/aromatic N) is 1. The van der Waals surface area contributed by atoms with E-state index in [4.69, 9.17) is 9.47 Å². The number of aryl methyl sites for hydroxylation is 1. The van der Waals surface area contributed by atoms with Crippen molar-refractivity contribution < 1.29 is 19.1 Å². The van der Waals surface area contributed by atoms with Crippen LogP contribution in [0.2, 0.25) is 0 Å². The molecule has 5 nitrogen and oxygen atoms in total. The van der Waals surface area contributed by atoms with E-state index >= 15 is 0 Å². The average molecular weight is 520 g/mol. The van der Waals surface area contributed by atoms with Gasteiger partial charge in [0.25, 0.3) is 0 Å². The fraction of sp³-hybridized carbons (Fsp3) is 0.235. The summed E-state index contributed by atoms with van der Waals surface area (Å²) in [6, 6.07) is 36.7. The maximum Gasteiger partial charge on any atom is 0.418 e. The molecular weight excluding hydrogens is 486 g/mol. The van der Waals surface area contributed by atoms with Gasteiger partial charge in [-0.1, -0.05) is 117 Å². The summed E-state index contributed by atoms with van der Waals surface area (Å²) in [5.74, 6) is 0.492. The number of imide groups is 1. The monoisotopic (exact) mass is 519 g/mol. The van der Waals surface area contributed by atoms with E-state index in [-0.39, 0.29) is 18.2 Å². The maximum absolute atomic E-state index is 13.6. The molecule has 0 aliphatic carbocycles. The smallest absolute Gasteiger partial charge is 0.418 e. The van der Waals surface area contributed by atoms with Gasteiger partial charge in [-0.2, -0.15) is 0 Å². The summed E-state index contributed by atoms with van der Waals surface area (Å²) in [4.78, 5) is 28.4. The number of ether oxygens (including phenoxy) is 2. The zero-order chi connectivity index (χ0) is 27.2. The Morgan fingerprint density at radius 3 is 1.87 bits per heavy atom. The molecule has 5 heteroatoms. The van der Waals surface area contributed by atoms with Crippen LogP contribution in [0, 0.1) is 5.92 Å². The molecule has 1 saturated heterocycles. The molecule has 0 aromatic heterocycles. The van der Waals surface area contributed by atoms with Gasteiger partial charge in [-0.3, -0.25) is 4.79 Å². The van der Waals surface area contributed by atoms with Crippen LogP contribution < -0.4 is 4.74 Å². The van der Waals surface area contributed by atoms with Gasteiger partial charge in [-0.15, -0.1) is 0 Å². The molecule has 5 rings (SSSR count). The van der Waals surface area contributed by atoms with Crippen molar-refractivity contribution in [3.8, 4) is 5.75 Å². The normalized spacial score (nSPS) is 16.2. The molecule has 198 valence electrons. The zero-order valence-corrected chi connectivity index (χ0v) is 22.3. The van der Waals surface area contributed by atoms with Crippen LogP contribution in [0.25, 0.3) is 0 Å². The molecule has 1 fully saturated rings. The Morgan fingerprint density at radius 2 is 1.33 bits per heavy atom. The van der Waals surface area contributed by atoms with E-state index in [1.807, 2.05) is 129 Å². The fourth-order valence-corrected chi connectivity index (χ4v) is 5.43. The highest BCUT2D eigenvalue weighted by Gasteiger charge is 2.59. The van der Waals surface area contributed by atoms with E-state index in [0.29, 0.717) is 13.0 Å². The molecule has 4 aromatic carbocycles. The van der Waals surface area contributed by atoms with E-state index in [0.717, 1.165) is 28.0 Å². The van der Waals surface area contributed by atoms with E-state index < -0.39 is 17.7 Å². The molecule has 1 aliphatic heterocycles. The highest BCUT2D eigenvalue weighted by molar-refractivity contribution is 5.95. The van der Waals surface area contributed by atoms with Crippen LogP contribution in [-0.4, -0.2) is 22.9 Å². The van der Waals surface area contributed by atoms with Crippen LogP contribution in [0.15, 0.2) is 115 Å². The van der Waals surface area contributed by atoms with E-state index in [2.05, 4.69) is 0 Å². The molecule has 1 aliphatic rings. The molecule has 39 heavy (non-hydrogen) atoms. The second kappa shape index (κ2) is 11.6. The van der Waals surface area contributed by atoms with Crippen molar-refractivity contribution in [2.45, 2.75) is 44.9 Å². The second-order valence-corrected chi connectivity index (χ2v) is 10.2. The third kappa shape index (κ3) is 5.44. The summed E-state index contributed by atoms with van der Waals surface area (Å²) < 4.78 is 12.1. The van der Waals surface area contributed by atoms with Gasteiger partial charge in [-0.05, 0) is 35.6 Å². The number of benzene rings is 4. The first-order valence-electron chi connectivity index (χ1n) is 13.4. The molecule has 0 saturated carbocycles. The summed E-state index contributed by atoms with van der Waals surface area (Å²) in [6.07, 6.45) is 0.106. The van der Waals surface area contributed by atoms with Crippen molar-refractivity contribution in [1.29, 1.82) is 0 Å². The Kier molecular flexibility index (Phi) is 7.78. The van der Waals surface area contributed by atoms with Gasteiger partial charge >= 0.3 is 6.09 Å². The average Bonchev–Trinajstić information content (AvgIpc) is 3.31. The topological polar surface area (TPSA) is 55.8 Å². The van der Waals surface area contributed by atoms with Gasteiger partial charge in [0.15, 0.2) is 5.60 Å². The fourth-order valence-electron chi connectivity index (χ4n) is 5.43. The number of amides is 2. The number of carbonyl (C=O) groups excluding carboxylic acids is 2. The van der Waals surface area contributed by atoms with Crippen LogP contribution in [0.3, 0.4) is 0 Å². The van der Waals surface area contributed by atoms with Crippen LogP contribution >= 0.6 is 0 Å². The third-order valence-corrected chi connectivity index (χ3v) is 7.24. The van der Waals surface area contributed by atoms with Gasteiger partial charge < -0.3 is 9.47 Å². The Balaban J connectivity index is 1.33. The van der Waals surface area contributed by atoms with E-state index in [1.165, 1.54) is 4.90 Å². The minimum atomic E-state index is -1.08. The predicted octanol–water partition coefficient (Wildman–Crippen LogP) is 7.15. The lowest BCUT2D eigenvalue weighted by Gasteiger charge is -2.37. The predicted molar refractivity (Wildman–Crippen MR) is 151 cm³/mol. The second-order valence-electron chi connectivity index (χ2n) is 10.2. The standard InChI is InChI=1S/C34H33NO4/c1-25(2)32-34(28-14-8-4-9-15-28,29-16-10-5-11-17-29)39-33(37)35(32)31(36)23-20-26-18-21-30(22-19-26)38-24-27-12-6-3-7-13-27/h3-19,21-22,25,32H,20,23-24H2,1-2H3. The van der Waals surface area contributed by atoms with Gasteiger partial charge in [0.2, 0.25) is 5.91 Å². The number of carbonyl (C=O) groups is 2. The van der Waals surface area contributed by atoms with Crippen LogP contribution in [0.5, 0.6) is 5.75 Å². The lowest BCUT2D eigenvalue weighted by atomic mass is 9.75. The molecule has 0 radical (unpaired) electrons. The van der Waals surface area contributed by atoms with Crippen molar-refractivity contribution in [3.63, 3.8) is 0 Å². The summed E-state index contributed by atoms with van der Waals surface area (Å²) in [6.45, 7) is 4.56. The Hall–Kier alpha value is -4.38. The quantitative estimate of drug-likeness (QED) is 0.236. The van der Waals surface area contributed by atoms with Gasteiger partial charge in [0, 0.05) is 17.5 Å². The first kappa shape index (κ1) is 26.2. The minimum absolute atomic E-state index is 0.0399. The molecular formula is C34H33NO4. The Morgan fingerprint density at radius 1 is 0.795 bits per heavy atom. The van der Waals surface area contributed by atoms with Crippen molar-refractivity contribution in [1.82, 2.24) is 4.90 Å². The molecule has 4 aromatic rings. The summed E-state index contributed by atoms with van der Waals surface area (Å²) in [7, 11) is 0. The Bertz CT molecular complexity index is 1350. The van der Waals surface area contributed by atoms with E-state index in [1.54, 1.807) is 0 Å².